The van der Waals surface area contributed by atoms with E-state index in [1.54, 1.807) is 0 Å². The Hall–Kier alpha value is -4.23. The van der Waals surface area contributed by atoms with Crippen molar-refractivity contribution in [1.82, 2.24) is 26.3 Å². The van der Waals surface area contributed by atoms with Crippen LogP contribution in [0.25, 0.3) is 6.08 Å². The number of rotatable bonds is 12. The van der Waals surface area contributed by atoms with E-state index in [0.29, 0.717) is 40.2 Å². The van der Waals surface area contributed by atoms with Crippen LogP contribution >= 0.6 is 12.6 Å². The van der Waals surface area contributed by atoms with Gasteiger partial charge >= 0.3 is 11.9 Å². The number of carbonyl (C=O) groups excluding carboxylic acids is 2. The van der Waals surface area contributed by atoms with Gasteiger partial charge < -0.3 is 41.6 Å². The summed E-state index contributed by atoms with van der Waals surface area (Å²) >= 11 is 4.65. The minimum atomic E-state index is -0.988. The highest BCUT2D eigenvalue weighted by atomic mass is 32.1. The van der Waals surface area contributed by atoms with Gasteiger partial charge in [-0.3, -0.25) is 19.2 Å². The molecule has 2 saturated heterocycles. The Bertz CT molecular complexity index is 1670. The molecule has 0 unspecified atom stereocenters. The van der Waals surface area contributed by atoms with Crippen molar-refractivity contribution in [2.75, 3.05) is 0 Å². The summed E-state index contributed by atoms with van der Waals surface area (Å²) < 4.78 is 0. The SMILES string of the molecule is C=CC1=C(C)[C@@H](Cc2[nH]c(/C=C3\N[C@]4(N/C4=C4/NC(=O)[C@H](C)[C@H]4[C@H](C)S)C(C)=C3CCC(=O)O)c(CCC(=O)O)c2CO)NC1=O. The lowest BCUT2D eigenvalue weighted by Gasteiger charge is -2.18. The van der Waals surface area contributed by atoms with E-state index in [1.807, 2.05) is 33.8 Å². The lowest BCUT2D eigenvalue weighted by molar-refractivity contribution is -0.138. The molecule has 5 rings (SSSR count). The van der Waals surface area contributed by atoms with Crippen LogP contribution in [-0.2, 0) is 38.6 Å². The predicted molar refractivity (Wildman–Crippen MR) is 174 cm³/mol. The van der Waals surface area contributed by atoms with Gasteiger partial charge in [-0.15, -0.1) is 0 Å². The molecule has 1 aromatic rings. The maximum absolute atomic E-state index is 12.7. The predicted octanol–water partition coefficient (Wildman–Crippen LogP) is 2.40. The van der Waals surface area contributed by atoms with Crippen molar-refractivity contribution >= 4 is 42.5 Å². The van der Waals surface area contributed by atoms with Crippen LogP contribution in [0, 0.1) is 11.8 Å². The zero-order valence-corrected chi connectivity index (χ0v) is 27.2. The first-order chi connectivity index (χ1) is 21.7. The van der Waals surface area contributed by atoms with E-state index in [-0.39, 0.29) is 67.2 Å². The van der Waals surface area contributed by atoms with E-state index >= 15 is 0 Å². The Balaban J connectivity index is 1.58. The Morgan fingerprint density at radius 1 is 1.09 bits per heavy atom. The molecular weight excluding hydrogens is 610 g/mol. The van der Waals surface area contributed by atoms with Crippen LogP contribution in [0.2, 0.25) is 0 Å². The van der Waals surface area contributed by atoms with E-state index in [4.69, 9.17) is 0 Å². The average Bonchev–Trinajstić information content (AvgIpc) is 3.19. The number of allylic oxidation sites excluding steroid dienone is 2. The minimum Gasteiger partial charge on any atom is -0.481 e. The van der Waals surface area contributed by atoms with Gasteiger partial charge in [0.25, 0.3) is 5.91 Å². The van der Waals surface area contributed by atoms with Gasteiger partial charge in [0, 0.05) is 70.3 Å². The minimum absolute atomic E-state index is 0.0824. The molecule has 46 heavy (non-hydrogen) atoms. The molecule has 0 radical (unpaired) electrons. The summed E-state index contributed by atoms with van der Waals surface area (Å²) in [5.41, 5.74) is 6.79. The zero-order valence-electron chi connectivity index (χ0n) is 26.3. The Labute approximate surface area is 272 Å². The van der Waals surface area contributed by atoms with Gasteiger partial charge in [-0.05, 0) is 55.0 Å². The standard InChI is InChI=1S/C33H41N5O7S/c1-6-18-14(2)22(35-32(18)45)11-24-21(13-39)20(8-10-27(42)43)23(34-24)12-25-19(7-9-26(40)41)16(4)33(37-25)30(38-33)29-28(17(5)46)15(3)31(44)36-29/h6,12,15,17,22,28,34,37-39,46H,1,7-11,13H2,2-5H3,(H,35,45)(H,36,44)(H,40,41)(H,42,43)/b25-12-,30-29+/t15-,17+,22-,28+,33+/m1/s1. The van der Waals surface area contributed by atoms with E-state index in [1.165, 1.54) is 6.08 Å². The van der Waals surface area contributed by atoms with Crippen molar-refractivity contribution in [3.05, 3.63) is 74.6 Å². The Kier molecular flexibility index (Phi) is 9.02. The zero-order chi connectivity index (χ0) is 33.7. The molecular formula is C33H41N5O7S. The van der Waals surface area contributed by atoms with Crippen LogP contribution in [-0.4, -0.2) is 61.0 Å². The molecule has 2 fully saturated rings. The lowest BCUT2D eigenvalue weighted by atomic mass is 9.90. The fourth-order valence-electron chi connectivity index (χ4n) is 7.09. The number of aromatic nitrogens is 1. The van der Waals surface area contributed by atoms with E-state index in [0.717, 1.165) is 28.1 Å². The van der Waals surface area contributed by atoms with Gasteiger partial charge in [0.2, 0.25) is 5.91 Å². The van der Waals surface area contributed by atoms with Crippen molar-refractivity contribution < 1.29 is 34.5 Å². The monoisotopic (exact) mass is 651 g/mol. The molecule has 8 N–H and O–H groups in total. The molecule has 4 aliphatic rings. The van der Waals surface area contributed by atoms with Gasteiger partial charge in [-0.1, -0.05) is 26.5 Å². The van der Waals surface area contributed by atoms with Crippen molar-refractivity contribution in [3.8, 4) is 0 Å². The van der Waals surface area contributed by atoms with Crippen LogP contribution in [0.4, 0.5) is 0 Å². The number of aliphatic hydroxyl groups is 1. The first-order valence-corrected chi connectivity index (χ1v) is 15.9. The third kappa shape index (κ3) is 5.77. The highest BCUT2D eigenvalue weighted by Gasteiger charge is 2.59. The normalized spacial score (nSPS) is 28.5. The second kappa shape index (κ2) is 12.5. The van der Waals surface area contributed by atoms with E-state index in [2.05, 4.69) is 45.5 Å². The van der Waals surface area contributed by atoms with Crippen molar-refractivity contribution in [3.63, 3.8) is 0 Å². The summed E-state index contributed by atoms with van der Waals surface area (Å²) in [7, 11) is 0. The number of hydrogen-bond donors (Lipinski definition) is 9. The third-order valence-corrected chi connectivity index (χ3v) is 10.0. The summed E-state index contributed by atoms with van der Waals surface area (Å²) in [6.45, 7) is 11.0. The number of aromatic amines is 1. The fraction of sp³-hybridized carbons (Fsp3) is 0.455. The number of aliphatic carboxylic acids is 2. The maximum atomic E-state index is 12.7. The highest BCUT2D eigenvalue weighted by molar-refractivity contribution is 7.80. The average molecular weight is 652 g/mol. The second-order valence-corrected chi connectivity index (χ2v) is 13.3. The molecule has 0 bridgehead atoms. The maximum Gasteiger partial charge on any atom is 0.303 e. The molecule has 5 atom stereocenters. The number of H-pyrrole nitrogens is 1. The van der Waals surface area contributed by atoms with Crippen LogP contribution in [0.5, 0.6) is 0 Å². The topological polar surface area (TPSA) is 203 Å². The lowest BCUT2D eigenvalue weighted by Crippen LogP contribution is -2.31. The number of amides is 2. The molecule has 1 spiro atoms. The van der Waals surface area contributed by atoms with Gasteiger partial charge in [0.15, 0.2) is 5.66 Å². The van der Waals surface area contributed by atoms with Gasteiger partial charge in [0.05, 0.1) is 18.3 Å². The Morgan fingerprint density at radius 3 is 2.35 bits per heavy atom. The number of nitrogens with one attached hydrogen (secondary N) is 5. The number of carbonyl (C=O) groups is 4. The first kappa shape index (κ1) is 33.1. The molecule has 4 aliphatic heterocycles. The van der Waals surface area contributed by atoms with Crippen molar-refractivity contribution in [2.24, 2.45) is 11.8 Å². The molecule has 12 nitrogen and oxygen atoms in total. The van der Waals surface area contributed by atoms with Crippen molar-refractivity contribution in [2.45, 2.75) is 83.4 Å². The number of carboxylic acid groups (broad SMARTS) is 2. The highest BCUT2D eigenvalue weighted by Crippen LogP contribution is 2.50. The summed E-state index contributed by atoms with van der Waals surface area (Å²) in [4.78, 5) is 51.7. The Morgan fingerprint density at radius 2 is 1.76 bits per heavy atom. The molecule has 246 valence electrons. The van der Waals surface area contributed by atoms with E-state index in [9.17, 15) is 34.5 Å². The summed E-state index contributed by atoms with van der Waals surface area (Å²) in [5, 5.41) is 42.4. The smallest absolute Gasteiger partial charge is 0.303 e. The summed E-state index contributed by atoms with van der Waals surface area (Å²) in [6, 6.07) is -0.338. The molecule has 13 heteroatoms. The number of carboxylic acids is 2. The summed E-state index contributed by atoms with van der Waals surface area (Å²) in [5.74, 6) is -2.65. The quantitative estimate of drug-likeness (QED) is 0.120. The van der Waals surface area contributed by atoms with Gasteiger partial charge in [-0.2, -0.15) is 12.6 Å². The van der Waals surface area contributed by atoms with Crippen LogP contribution in [0.3, 0.4) is 0 Å². The van der Waals surface area contributed by atoms with Crippen LogP contribution in [0.1, 0.15) is 69.5 Å². The molecule has 5 heterocycles. The third-order valence-electron chi connectivity index (χ3n) is 9.69. The molecule has 1 aromatic heterocycles. The van der Waals surface area contributed by atoms with E-state index < -0.39 is 17.6 Å². The van der Waals surface area contributed by atoms with Crippen LogP contribution < -0.4 is 21.3 Å². The van der Waals surface area contributed by atoms with Gasteiger partial charge in [0.1, 0.15) is 0 Å². The number of thiol groups is 1. The largest absolute Gasteiger partial charge is 0.481 e. The first-order valence-electron chi connectivity index (χ1n) is 15.4. The fourth-order valence-corrected chi connectivity index (χ4v) is 7.50. The van der Waals surface area contributed by atoms with Crippen molar-refractivity contribution in [1.29, 1.82) is 0 Å². The number of hydrogen-bond acceptors (Lipinski definition) is 8. The molecule has 2 amide bonds. The summed E-state index contributed by atoms with van der Waals surface area (Å²) in [6.07, 6.45) is 3.78. The number of aliphatic hydroxyl groups excluding tert-OH is 1. The molecule has 0 saturated carbocycles. The second-order valence-electron chi connectivity index (χ2n) is 12.4. The molecule has 0 aromatic carbocycles. The van der Waals surface area contributed by atoms with Crippen LogP contribution in [0.15, 0.2) is 52.0 Å². The van der Waals surface area contributed by atoms with Gasteiger partial charge in [-0.25, -0.2) is 0 Å². The molecule has 0 aliphatic carbocycles.